The molecule has 0 unspecified atom stereocenters. The van der Waals surface area contributed by atoms with E-state index in [-0.39, 0.29) is 22.1 Å². The van der Waals surface area contributed by atoms with Crippen LogP contribution in [-0.2, 0) is 16.4 Å². The normalized spacial score (nSPS) is 13.3. The van der Waals surface area contributed by atoms with Crippen LogP contribution in [0.25, 0.3) is 16.5 Å². The number of nitrogens with zero attached hydrogens (tertiary/aromatic N) is 3. The summed E-state index contributed by atoms with van der Waals surface area (Å²) in [6.45, 7) is 0.387. The molecule has 0 radical (unpaired) electrons. The average molecular weight is 461 g/mol. The molecule has 1 N–H and O–H groups in total. The van der Waals surface area contributed by atoms with Crippen LogP contribution in [0.15, 0.2) is 82.5 Å². The number of amides is 1. The Hall–Kier alpha value is -3.82. The Morgan fingerprint density at radius 2 is 1.67 bits per heavy atom. The Kier molecular flexibility index (Phi) is 5.07. The molecule has 1 aliphatic heterocycles. The molecule has 0 atom stereocenters. The lowest BCUT2D eigenvalue weighted by Crippen LogP contribution is -2.33. The lowest BCUT2D eigenvalue weighted by Gasteiger charge is -2.19. The first kappa shape index (κ1) is 21.0. The molecule has 3 aromatic carbocycles. The summed E-state index contributed by atoms with van der Waals surface area (Å²) < 4.78 is 27.9. The zero-order valence-corrected chi connectivity index (χ0v) is 18.5. The van der Waals surface area contributed by atoms with Gasteiger partial charge >= 0.3 is 0 Å². The van der Waals surface area contributed by atoms with E-state index in [1.165, 1.54) is 17.8 Å². The Morgan fingerprint density at radius 3 is 2.39 bits per heavy atom. The van der Waals surface area contributed by atoms with Crippen LogP contribution >= 0.6 is 0 Å². The van der Waals surface area contributed by atoms with Gasteiger partial charge in [0.2, 0.25) is 10.0 Å². The topological polar surface area (TPSA) is 101 Å². The zero-order valence-electron chi connectivity index (χ0n) is 17.7. The molecule has 1 aliphatic rings. The predicted molar refractivity (Wildman–Crippen MR) is 125 cm³/mol. The van der Waals surface area contributed by atoms with Crippen LogP contribution in [0.3, 0.4) is 0 Å². The Balaban J connectivity index is 1.64. The van der Waals surface area contributed by atoms with E-state index in [0.717, 1.165) is 5.56 Å². The van der Waals surface area contributed by atoms with Crippen molar-refractivity contribution in [2.75, 3.05) is 18.5 Å². The number of hydrogen-bond donors (Lipinski definition) is 1. The maximum atomic E-state index is 13.7. The fraction of sp³-hybridized carbons (Fsp3) is 0.125. The fourth-order valence-corrected chi connectivity index (χ4v) is 4.87. The molecule has 0 saturated heterocycles. The third kappa shape index (κ3) is 3.51. The average Bonchev–Trinajstić information content (AvgIpc) is 3.28. The second kappa shape index (κ2) is 7.95. The third-order valence-corrected chi connectivity index (χ3v) is 7.19. The van der Waals surface area contributed by atoms with E-state index in [4.69, 9.17) is 0 Å². The van der Waals surface area contributed by atoms with E-state index in [0.29, 0.717) is 35.1 Å². The SMILES string of the molecule is CNS(=O)(=O)c1ccc2c(c1)CCN2C(=O)c1nn(-c2ccccc2)c(=O)c2ccccc12. The van der Waals surface area contributed by atoms with Gasteiger partial charge in [-0.1, -0.05) is 36.4 Å². The second-order valence-electron chi connectivity index (χ2n) is 7.65. The van der Waals surface area contributed by atoms with Crippen LogP contribution in [0.5, 0.6) is 0 Å². The number of sulfonamides is 1. The molecule has 33 heavy (non-hydrogen) atoms. The standard InChI is InChI=1S/C24H20N4O4S/c1-25-33(31,32)18-11-12-21-16(15-18)13-14-27(21)24(30)22-19-9-5-6-10-20(19)23(29)28(26-22)17-7-3-2-4-8-17/h2-12,15,25H,13-14H2,1H3. The van der Waals surface area contributed by atoms with Gasteiger partial charge in [0.15, 0.2) is 5.69 Å². The van der Waals surface area contributed by atoms with Gasteiger partial charge in [-0.05, 0) is 55.4 Å². The number of anilines is 1. The van der Waals surface area contributed by atoms with Crippen LogP contribution in [-0.4, -0.2) is 37.7 Å². The van der Waals surface area contributed by atoms with Crippen molar-refractivity contribution in [1.82, 2.24) is 14.5 Å². The molecule has 9 heteroatoms. The Morgan fingerprint density at radius 1 is 0.970 bits per heavy atom. The number of carbonyl (C=O) groups excluding carboxylic acids is 1. The van der Waals surface area contributed by atoms with Crippen LogP contribution in [0, 0.1) is 0 Å². The highest BCUT2D eigenvalue weighted by Crippen LogP contribution is 2.32. The minimum atomic E-state index is -3.58. The van der Waals surface area contributed by atoms with E-state index in [1.807, 2.05) is 6.07 Å². The van der Waals surface area contributed by atoms with Gasteiger partial charge in [0, 0.05) is 17.6 Å². The van der Waals surface area contributed by atoms with Crippen LogP contribution in [0.2, 0.25) is 0 Å². The second-order valence-corrected chi connectivity index (χ2v) is 9.54. The largest absolute Gasteiger partial charge is 0.306 e. The predicted octanol–water partition coefficient (Wildman–Crippen LogP) is 2.50. The molecule has 0 bridgehead atoms. The van der Waals surface area contributed by atoms with Gasteiger partial charge < -0.3 is 4.90 Å². The van der Waals surface area contributed by atoms with Gasteiger partial charge in [0.25, 0.3) is 11.5 Å². The quantitative estimate of drug-likeness (QED) is 0.504. The zero-order chi connectivity index (χ0) is 23.2. The lowest BCUT2D eigenvalue weighted by atomic mass is 10.1. The van der Waals surface area contributed by atoms with E-state index >= 15 is 0 Å². The van der Waals surface area contributed by atoms with Crippen LogP contribution in [0.1, 0.15) is 16.1 Å². The number of fused-ring (bicyclic) bond motifs is 2. The number of rotatable bonds is 4. The van der Waals surface area contributed by atoms with E-state index in [9.17, 15) is 18.0 Å². The molecule has 0 aliphatic carbocycles. The van der Waals surface area contributed by atoms with Crippen molar-refractivity contribution in [1.29, 1.82) is 0 Å². The summed E-state index contributed by atoms with van der Waals surface area (Å²) in [6.07, 6.45) is 0.518. The van der Waals surface area contributed by atoms with Crippen LogP contribution < -0.4 is 15.2 Å². The molecule has 1 aromatic heterocycles. The first-order valence-electron chi connectivity index (χ1n) is 10.4. The summed E-state index contributed by atoms with van der Waals surface area (Å²) in [6, 6.07) is 20.6. The molecule has 8 nitrogen and oxygen atoms in total. The Bertz CT molecular complexity index is 1560. The molecular weight excluding hydrogens is 440 g/mol. The van der Waals surface area contributed by atoms with Gasteiger partial charge in [0.1, 0.15) is 0 Å². The number of aromatic nitrogens is 2. The summed E-state index contributed by atoms with van der Waals surface area (Å²) in [4.78, 5) is 28.5. The monoisotopic (exact) mass is 460 g/mol. The number of hydrogen-bond acceptors (Lipinski definition) is 5. The van der Waals surface area contributed by atoms with Crippen LogP contribution in [0.4, 0.5) is 5.69 Å². The summed E-state index contributed by atoms with van der Waals surface area (Å²) in [5.74, 6) is -0.348. The highest BCUT2D eigenvalue weighted by atomic mass is 32.2. The van der Waals surface area contributed by atoms with Gasteiger partial charge in [-0.2, -0.15) is 9.78 Å². The molecule has 1 amide bonds. The summed E-state index contributed by atoms with van der Waals surface area (Å²) >= 11 is 0. The smallest absolute Gasteiger partial charge is 0.279 e. The Labute approximate surface area is 190 Å². The van der Waals surface area contributed by atoms with E-state index in [2.05, 4.69) is 9.82 Å². The van der Waals surface area contributed by atoms with Crippen molar-refractivity contribution in [2.45, 2.75) is 11.3 Å². The van der Waals surface area contributed by atoms with Crippen molar-refractivity contribution < 1.29 is 13.2 Å². The number of para-hydroxylation sites is 1. The minimum absolute atomic E-state index is 0.152. The maximum absolute atomic E-state index is 13.7. The third-order valence-electron chi connectivity index (χ3n) is 5.78. The fourth-order valence-electron chi connectivity index (χ4n) is 4.09. The minimum Gasteiger partial charge on any atom is -0.306 e. The van der Waals surface area contributed by atoms with Gasteiger partial charge in [-0.3, -0.25) is 9.59 Å². The molecule has 166 valence electrons. The summed E-state index contributed by atoms with van der Waals surface area (Å²) in [5, 5.41) is 5.34. The molecule has 4 aromatic rings. The molecule has 2 heterocycles. The van der Waals surface area contributed by atoms with Crippen molar-refractivity contribution in [2.24, 2.45) is 0 Å². The van der Waals surface area contributed by atoms with Crippen molar-refractivity contribution in [3.05, 3.63) is 94.4 Å². The first-order chi connectivity index (χ1) is 15.9. The van der Waals surface area contributed by atoms with Crippen molar-refractivity contribution in [3.8, 4) is 5.69 Å². The number of carbonyl (C=O) groups is 1. The highest BCUT2D eigenvalue weighted by molar-refractivity contribution is 7.89. The van der Waals surface area contributed by atoms with E-state index < -0.39 is 10.0 Å². The molecule has 0 fully saturated rings. The first-order valence-corrected chi connectivity index (χ1v) is 11.8. The number of nitrogens with one attached hydrogen (secondary N) is 1. The van der Waals surface area contributed by atoms with Gasteiger partial charge in [-0.15, -0.1) is 0 Å². The highest BCUT2D eigenvalue weighted by Gasteiger charge is 2.30. The van der Waals surface area contributed by atoms with Gasteiger partial charge in [-0.25, -0.2) is 13.1 Å². The molecule has 5 rings (SSSR count). The molecular formula is C24H20N4O4S. The maximum Gasteiger partial charge on any atom is 0.279 e. The lowest BCUT2D eigenvalue weighted by molar-refractivity contribution is 0.0984. The summed E-state index contributed by atoms with van der Waals surface area (Å²) in [5.41, 5.74) is 1.82. The van der Waals surface area contributed by atoms with Crippen molar-refractivity contribution in [3.63, 3.8) is 0 Å². The molecule has 0 spiro atoms. The van der Waals surface area contributed by atoms with Gasteiger partial charge in [0.05, 0.1) is 16.0 Å². The van der Waals surface area contributed by atoms with E-state index in [1.54, 1.807) is 65.6 Å². The summed E-state index contributed by atoms with van der Waals surface area (Å²) in [7, 11) is -2.23. The molecule has 0 saturated carbocycles. The van der Waals surface area contributed by atoms with Crippen molar-refractivity contribution >= 4 is 32.4 Å². The number of benzene rings is 3.